The highest BCUT2D eigenvalue weighted by atomic mass is 79.9. The average molecular weight is 317 g/mol. The average Bonchev–Trinajstić information content (AvgIpc) is 2.64. The molecule has 2 heterocycles. The van der Waals surface area contributed by atoms with E-state index in [-0.39, 0.29) is 0 Å². The lowest BCUT2D eigenvalue weighted by atomic mass is 10.1. The number of fused-ring (bicyclic) bond motifs is 1. The fraction of sp³-hybridized carbons (Fsp3) is 0.312. The molecule has 1 aromatic carbocycles. The van der Waals surface area contributed by atoms with Crippen LogP contribution in [0.3, 0.4) is 0 Å². The Balaban J connectivity index is 1.72. The molecule has 2 nitrogen and oxygen atoms in total. The first-order valence-electron chi connectivity index (χ1n) is 6.70. The zero-order chi connectivity index (χ0) is 13.1. The van der Waals surface area contributed by atoms with E-state index in [9.17, 15) is 0 Å². The van der Waals surface area contributed by atoms with Crippen molar-refractivity contribution in [3.05, 3.63) is 63.9 Å². The van der Waals surface area contributed by atoms with Crippen molar-refractivity contribution in [2.45, 2.75) is 19.4 Å². The number of hydrogen-bond donors (Lipinski definition) is 0. The first-order valence-corrected chi connectivity index (χ1v) is 7.50. The van der Waals surface area contributed by atoms with Gasteiger partial charge in [0.2, 0.25) is 0 Å². The Kier molecular flexibility index (Phi) is 3.95. The highest BCUT2D eigenvalue weighted by molar-refractivity contribution is 9.10. The number of pyridine rings is 1. The second kappa shape index (κ2) is 5.85. The van der Waals surface area contributed by atoms with Gasteiger partial charge in [-0.15, -0.1) is 0 Å². The quantitative estimate of drug-likeness (QED) is 0.843. The molecule has 0 fully saturated rings. The summed E-state index contributed by atoms with van der Waals surface area (Å²) in [4.78, 5) is 6.81. The van der Waals surface area contributed by atoms with Crippen molar-refractivity contribution in [2.75, 3.05) is 13.1 Å². The molecule has 0 radical (unpaired) electrons. The van der Waals surface area contributed by atoms with E-state index in [0.717, 1.165) is 36.9 Å². The van der Waals surface area contributed by atoms with Crippen LogP contribution >= 0.6 is 15.9 Å². The molecular weight excluding hydrogens is 300 g/mol. The molecular formula is C16H17BrN2. The van der Waals surface area contributed by atoms with Gasteiger partial charge in [-0.05, 0) is 45.5 Å². The maximum atomic E-state index is 4.28. The number of halogens is 1. The maximum absolute atomic E-state index is 4.28. The maximum Gasteiger partial charge on any atom is 0.0413 e. The highest BCUT2D eigenvalue weighted by Crippen LogP contribution is 2.23. The van der Waals surface area contributed by atoms with Crippen molar-refractivity contribution in [2.24, 2.45) is 0 Å². The molecule has 0 N–H and O–H groups in total. The lowest BCUT2D eigenvalue weighted by Gasteiger charge is -2.19. The molecule has 1 aliphatic rings. The Labute approximate surface area is 122 Å². The zero-order valence-corrected chi connectivity index (χ0v) is 12.4. The third-order valence-corrected chi connectivity index (χ3v) is 4.40. The number of rotatable bonds is 2. The first kappa shape index (κ1) is 12.8. The molecule has 3 heteroatoms. The van der Waals surface area contributed by atoms with Gasteiger partial charge in [0.05, 0.1) is 0 Å². The van der Waals surface area contributed by atoms with E-state index in [4.69, 9.17) is 0 Å². The van der Waals surface area contributed by atoms with Crippen LogP contribution in [-0.4, -0.2) is 23.0 Å². The third kappa shape index (κ3) is 3.04. The molecule has 2 aromatic rings. The standard InChI is InChI=1S/C16H17BrN2/c17-16-11-18-10-14-6-8-19(9-7-15(14)16)12-13-4-2-1-3-5-13/h1-5,10-11H,6-9,12H2. The van der Waals surface area contributed by atoms with Crippen LogP contribution < -0.4 is 0 Å². The summed E-state index contributed by atoms with van der Waals surface area (Å²) in [7, 11) is 0. The van der Waals surface area contributed by atoms with Gasteiger partial charge in [0.25, 0.3) is 0 Å². The van der Waals surface area contributed by atoms with Crippen LogP contribution in [0, 0.1) is 0 Å². The van der Waals surface area contributed by atoms with Crippen molar-refractivity contribution in [1.82, 2.24) is 9.88 Å². The molecule has 0 amide bonds. The SMILES string of the molecule is Brc1cncc2c1CCN(Cc1ccccc1)CC2. The van der Waals surface area contributed by atoms with Crippen LogP contribution in [0.2, 0.25) is 0 Å². The molecule has 0 saturated heterocycles. The minimum absolute atomic E-state index is 1.04. The second-order valence-corrected chi connectivity index (χ2v) is 5.88. The molecule has 3 rings (SSSR count). The van der Waals surface area contributed by atoms with Gasteiger partial charge in [-0.25, -0.2) is 0 Å². The van der Waals surface area contributed by atoms with Gasteiger partial charge in [0.15, 0.2) is 0 Å². The van der Waals surface area contributed by atoms with Crippen LogP contribution in [0.25, 0.3) is 0 Å². The molecule has 19 heavy (non-hydrogen) atoms. The van der Waals surface area contributed by atoms with Crippen molar-refractivity contribution in [1.29, 1.82) is 0 Å². The second-order valence-electron chi connectivity index (χ2n) is 5.02. The van der Waals surface area contributed by atoms with Gasteiger partial charge in [-0.2, -0.15) is 0 Å². The van der Waals surface area contributed by atoms with E-state index < -0.39 is 0 Å². The van der Waals surface area contributed by atoms with E-state index in [1.165, 1.54) is 16.7 Å². The number of aromatic nitrogens is 1. The van der Waals surface area contributed by atoms with Gasteiger partial charge < -0.3 is 0 Å². The molecule has 0 bridgehead atoms. The topological polar surface area (TPSA) is 16.1 Å². The van der Waals surface area contributed by atoms with E-state index in [2.05, 4.69) is 56.1 Å². The summed E-state index contributed by atoms with van der Waals surface area (Å²) in [5, 5.41) is 0. The van der Waals surface area contributed by atoms with Crippen LogP contribution in [0.4, 0.5) is 0 Å². The Hall–Kier alpha value is -1.19. The Morgan fingerprint density at radius 1 is 1.05 bits per heavy atom. The largest absolute Gasteiger partial charge is 0.298 e. The Morgan fingerprint density at radius 3 is 2.68 bits per heavy atom. The van der Waals surface area contributed by atoms with Gasteiger partial charge >= 0.3 is 0 Å². The molecule has 0 unspecified atom stereocenters. The molecule has 0 spiro atoms. The number of benzene rings is 1. The molecule has 98 valence electrons. The van der Waals surface area contributed by atoms with E-state index in [1.54, 1.807) is 0 Å². The molecule has 0 aliphatic carbocycles. The minimum Gasteiger partial charge on any atom is -0.298 e. The van der Waals surface area contributed by atoms with Gasteiger partial charge in [0.1, 0.15) is 0 Å². The normalized spacial score (nSPS) is 15.8. The fourth-order valence-electron chi connectivity index (χ4n) is 2.66. The Morgan fingerprint density at radius 2 is 1.84 bits per heavy atom. The highest BCUT2D eigenvalue weighted by Gasteiger charge is 2.16. The summed E-state index contributed by atoms with van der Waals surface area (Å²) >= 11 is 3.62. The number of hydrogen-bond acceptors (Lipinski definition) is 2. The van der Waals surface area contributed by atoms with Crippen molar-refractivity contribution >= 4 is 15.9 Å². The van der Waals surface area contributed by atoms with Gasteiger partial charge in [-0.1, -0.05) is 30.3 Å². The summed E-state index contributed by atoms with van der Waals surface area (Å²) < 4.78 is 1.16. The predicted molar refractivity (Wildman–Crippen MR) is 81.1 cm³/mol. The Bertz CT molecular complexity index is 554. The third-order valence-electron chi connectivity index (χ3n) is 3.72. The van der Waals surface area contributed by atoms with Gasteiger partial charge in [0, 0.05) is 36.5 Å². The monoisotopic (exact) mass is 316 g/mol. The minimum atomic E-state index is 1.04. The fourth-order valence-corrected chi connectivity index (χ4v) is 3.23. The van der Waals surface area contributed by atoms with Crippen LogP contribution in [0.1, 0.15) is 16.7 Å². The molecule has 1 aromatic heterocycles. The summed E-state index contributed by atoms with van der Waals surface area (Å²) in [6, 6.07) is 10.7. The molecule has 0 saturated carbocycles. The summed E-state index contributed by atoms with van der Waals surface area (Å²) in [6.45, 7) is 3.27. The molecule has 1 aliphatic heterocycles. The summed E-state index contributed by atoms with van der Waals surface area (Å²) in [5.74, 6) is 0. The van der Waals surface area contributed by atoms with Crippen molar-refractivity contribution in [3.63, 3.8) is 0 Å². The van der Waals surface area contributed by atoms with Crippen molar-refractivity contribution < 1.29 is 0 Å². The lowest BCUT2D eigenvalue weighted by molar-refractivity contribution is 0.279. The van der Waals surface area contributed by atoms with Crippen LogP contribution in [0.15, 0.2) is 47.2 Å². The summed E-state index contributed by atoms with van der Waals surface area (Å²) in [5.41, 5.74) is 4.22. The van der Waals surface area contributed by atoms with Gasteiger partial charge in [-0.3, -0.25) is 9.88 Å². The smallest absolute Gasteiger partial charge is 0.0413 e. The predicted octanol–water partition coefficient (Wildman–Crippen LogP) is 3.44. The van der Waals surface area contributed by atoms with Crippen LogP contribution in [-0.2, 0) is 19.4 Å². The summed E-state index contributed by atoms with van der Waals surface area (Å²) in [6.07, 6.45) is 6.12. The van der Waals surface area contributed by atoms with Crippen molar-refractivity contribution in [3.8, 4) is 0 Å². The van der Waals surface area contributed by atoms with E-state index in [0.29, 0.717) is 0 Å². The zero-order valence-electron chi connectivity index (χ0n) is 10.8. The van der Waals surface area contributed by atoms with E-state index in [1.807, 2.05) is 12.4 Å². The molecule has 0 atom stereocenters. The van der Waals surface area contributed by atoms with E-state index >= 15 is 0 Å². The first-order chi connectivity index (χ1) is 9.33. The van der Waals surface area contributed by atoms with Crippen LogP contribution in [0.5, 0.6) is 0 Å². The number of nitrogens with zero attached hydrogens (tertiary/aromatic N) is 2. The lowest BCUT2D eigenvalue weighted by Crippen LogP contribution is -2.25.